The fraction of sp³-hybridized carbons (Fsp3) is 0.636. The number of nitrogens with zero attached hydrogens (tertiary/aromatic N) is 1. The molecule has 0 aromatic heterocycles. The third-order valence-electron chi connectivity index (χ3n) is 2.36. The van der Waals surface area contributed by atoms with Crippen molar-refractivity contribution < 1.29 is 4.79 Å². The zero-order valence-corrected chi connectivity index (χ0v) is 8.59. The van der Waals surface area contributed by atoms with Crippen LogP contribution in [-0.4, -0.2) is 24.7 Å². The standard InChI is InChI=1S/C11H18N2O/c1-2-11(14)13-9-10-7-5-3-4-6-8-12-10/h2H,1,3-9H2,(H,13,14). The van der Waals surface area contributed by atoms with Crippen LogP contribution in [0.2, 0.25) is 0 Å². The molecule has 0 saturated heterocycles. The number of rotatable bonds is 3. The van der Waals surface area contributed by atoms with Gasteiger partial charge in [-0.15, -0.1) is 0 Å². The van der Waals surface area contributed by atoms with Crippen LogP contribution in [0.3, 0.4) is 0 Å². The summed E-state index contributed by atoms with van der Waals surface area (Å²) < 4.78 is 0. The molecule has 1 aliphatic rings. The molecule has 0 saturated carbocycles. The quantitative estimate of drug-likeness (QED) is 0.682. The molecule has 1 N–H and O–H groups in total. The van der Waals surface area contributed by atoms with Crippen LogP contribution >= 0.6 is 0 Å². The maximum atomic E-state index is 10.9. The molecule has 0 fully saturated rings. The van der Waals surface area contributed by atoms with E-state index in [1.807, 2.05) is 0 Å². The summed E-state index contributed by atoms with van der Waals surface area (Å²) in [6.07, 6.45) is 7.27. The van der Waals surface area contributed by atoms with Crippen molar-refractivity contribution >= 4 is 11.6 Å². The highest BCUT2D eigenvalue weighted by molar-refractivity contribution is 5.93. The lowest BCUT2D eigenvalue weighted by Gasteiger charge is -2.10. The second-order valence-corrected chi connectivity index (χ2v) is 3.53. The second kappa shape index (κ2) is 6.35. The molecule has 1 rings (SSSR count). The van der Waals surface area contributed by atoms with Gasteiger partial charge in [0.25, 0.3) is 0 Å². The predicted molar refractivity (Wildman–Crippen MR) is 58.6 cm³/mol. The first-order chi connectivity index (χ1) is 6.83. The molecule has 0 bridgehead atoms. The number of aliphatic imine (C=N–C) groups is 1. The first-order valence-corrected chi connectivity index (χ1v) is 5.25. The lowest BCUT2D eigenvalue weighted by atomic mass is 10.1. The Morgan fingerprint density at radius 1 is 1.43 bits per heavy atom. The Hall–Kier alpha value is -1.12. The number of carbonyl (C=O) groups is 1. The van der Waals surface area contributed by atoms with Gasteiger partial charge in [0.1, 0.15) is 0 Å². The van der Waals surface area contributed by atoms with E-state index in [0.717, 1.165) is 18.7 Å². The molecular formula is C11H18N2O. The molecule has 3 heteroatoms. The Morgan fingerprint density at radius 2 is 2.21 bits per heavy atom. The predicted octanol–water partition coefficient (Wildman–Crippen LogP) is 1.69. The molecule has 78 valence electrons. The SMILES string of the molecule is C=CC(=O)NCC1=NCCCCCC1. The number of nitrogens with one attached hydrogen (secondary N) is 1. The van der Waals surface area contributed by atoms with E-state index >= 15 is 0 Å². The Kier molecular flexibility index (Phi) is 4.97. The minimum absolute atomic E-state index is 0.116. The highest BCUT2D eigenvalue weighted by atomic mass is 16.1. The minimum atomic E-state index is -0.116. The van der Waals surface area contributed by atoms with Crippen LogP contribution < -0.4 is 5.32 Å². The van der Waals surface area contributed by atoms with Crippen molar-refractivity contribution in [3.05, 3.63) is 12.7 Å². The largest absolute Gasteiger partial charge is 0.347 e. The fourth-order valence-electron chi connectivity index (χ4n) is 1.52. The number of hydrogen-bond acceptors (Lipinski definition) is 2. The van der Waals surface area contributed by atoms with E-state index in [9.17, 15) is 4.79 Å². The van der Waals surface area contributed by atoms with Crippen LogP contribution in [0, 0.1) is 0 Å². The fourth-order valence-corrected chi connectivity index (χ4v) is 1.52. The number of carbonyl (C=O) groups excluding carboxylic acids is 1. The zero-order chi connectivity index (χ0) is 10.2. The first kappa shape index (κ1) is 11.0. The smallest absolute Gasteiger partial charge is 0.243 e. The Morgan fingerprint density at radius 3 is 3.00 bits per heavy atom. The van der Waals surface area contributed by atoms with E-state index in [1.54, 1.807) is 0 Å². The molecule has 1 aliphatic heterocycles. The van der Waals surface area contributed by atoms with Crippen LogP contribution in [0.4, 0.5) is 0 Å². The van der Waals surface area contributed by atoms with Crippen molar-refractivity contribution in [3.8, 4) is 0 Å². The van der Waals surface area contributed by atoms with Crippen molar-refractivity contribution in [2.45, 2.75) is 32.1 Å². The van der Waals surface area contributed by atoms with E-state index in [4.69, 9.17) is 0 Å². The van der Waals surface area contributed by atoms with Gasteiger partial charge >= 0.3 is 0 Å². The summed E-state index contributed by atoms with van der Waals surface area (Å²) in [6.45, 7) is 4.91. The molecule has 0 unspecified atom stereocenters. The number of hydrogen-bond donors (Lipinski definition) is 1. The van der Waals surface area contributed by atoms with Gasteiger partial charge in [-0.05, 0) is 25.3 Å². The third kappa shape index (κ3) is 4.21. The molecule has 0 atom stereocenters. The Labute approximate surface area is 85.3 Å². The zero-order valence-electron chi connectivity index (χ0n) is 8.59. The molecule has 14 heavy (non-hydrogen) atoms. The van der Waals surface area contributed by atoms with E-state index in [1.165, 1.54) is 31.8 Å². The van der Waals surface area contributed by atoms with Crippen LogP contribution in [0.1, 0.15) is 32.1 Å². The lowest BCUT2D eigenvalue weighted by molar-refractivity contribution is -0.116. The summed E-state index contributed by atoms with van der Waals surface area (Å²) in [5.74, 6) is -0.116. The Bertz CT molecular complexity index is 233. The summed E-state index contributed by atoms with van der Waals surface area (Å²) >= 11 is 0. The molecule has 1 amide bonds. The molecular weight excluding hydrogens is 176 g/mol. The van der Waals surface area contributed by atoms with Gasteiger partial charge in [-0.25, -0.2) is 0 Å². The molecule has 0 radical (unpaired) electrons. The monoisotopic (exact) mass is 194 g/mol. The summed E-state index contributed by atoms with van der Waals surface area (Å²) in [7, 11) is 0. The molecule has 3 nitrogen and oxygen atoms in total. The topological polar surface area (TPSA) is 41.5 Å². The lowest BCUT2D eigenvalue weighted by Crippen LogP contribution is -2.28. The van der Waals surface area contributed by atoms with Gasteiger partial charge in [0, 0.05) is 12.3 Å². The normalized spacial score (nSPS) is 17.6. The van der Waals surface area contributed by atoms with Crippen LogP contribution in [0.5, 0.6) is 0 Å². The van der Waals surface area contributed by atoms with Gasteiger partial charge in [-0.1, -0.05) is 19.4 Å². The van der Waals surface area contributed by atoms with Crippen LogP contribution in [0.15, 0.2) is 17.6 Å². The number of amides is 1. The summed E-state index contributed by atoms with van der Waals surface area (Å²) in [6, 6.07) is 0. The van der Waals surface area contributed by atoms with E-state index < -0.39 is 0 Å². The van der Waals surface area contributed by atoms with E-state index in [-0.39, 0.29) is 5.91 Å². The highest BCUT2D eigenvalue weighted by Crippen LogP contribution is 2.08. The third-order valence-corrected chi connectivity index (χ3v) is 2.36. The van der Waals surface area contributed by atoms with Crippen molar-refractivity contribution in [3.63, 3.8) is 0 Å². The molecule has 0 aliphatic carbocycles. The van der Waals surface area contributed by atoms with E-state index in [2.05, 4.69) is 16.9 Å². The van der Waals surface area contributed by atoms with Crippen LogP contribution in [0.25, 0.3) is 0 Å². The molecule has 0 aromatic carbocycles. The average Bonchev–Trinajstić information content (AvgIpc) is 2.15. The first-order valence-electron chi connectivity index (χ1n) is 5.25. The maximum Gasteiger partial charge on any atom is 0.243 e. The average molecular weight is 194 g/mol. The Balaban J connectivity index is 2.33. The van der Waals surface area contributed by atoms with Crippen LogP contribution in [-0.2, 0) is 4.79 Å². The minimum Gasteiger partial charge on any atom is -0.347 e. The van der Waals surface area contributed by atoms with Crippen molar-refractivity contribution in [1.82, 2.24) is 5.32 Å². The maximum absolute atomic E-state index is 10.9. The van der Waals surface area contributed by atoms with Crippen molar-refractivity contribution in [2.75, 3.05) is 13.1 Å². The summed E-state index contributed by atoms with van der Waals surface area (Å²) in [5.41, 5.74) is 1.12. The summed E-state index contributed by atoms with van der Waals surface area (Å²) in [5, 5.41) is 2.76. The van der Waals surface area contributed by atoms with Crippen molar-refractivity contribution in [1.29, 1.82) is 0 Å². The summed E-state index contributed by atoms with van der Waals surface area (Å²) in [4.78, 5) is 15.4. The molecule has 0 spiro atoms. The highest BCUT2D eigenvalue weighted by Gasteiger charge is 2.04. The van der Waals surface area contributed by atoms with Gasteiger partial charge in [-0.2, -0.15) is 0 Å². The van der Waals surface area contributed by atoms with Crippen molar-refractivity contribution in [2.24, 2.45) is 4.99 Å². The van der Waals surface area contributed by atoms with E-state index in [0.29, 0.717) is 6.54 Å². The van der Waals surface area contributed by atoms with Gasteiger partial charge < -0.3 is 5.32 Å². The molecule has 1 heterocycles. The van der Waals surface area contributed by atoms with Gasteiger partial charge in [0.2, 0.25) is 5.91 Å². The molecule has 0 aromatic rings. The van der Waals surface area contributed by atoms with Gasteiger partial charge in [0.05, 0.1) is 6.54 Å². The van der Waals surface area contributed by atoms with Gasteiger partial charge in [0.15, 0.2) is 0 Å². The second-order valence-electron chi connectivity index (χ2n) is 3.53. The van der Waals surface area contributed by atoms with Gasteiger partial charge in [-0.3, -0.25) is 9.79 Å².